The number of ether oxygens (including phenoxy) is 1. The van der Waals surface area contributed by atoms with Crippen LogP contribution < -0.4 is 10.3 Å². The summed E-state index contributed by atoms with van der Waals surface area (Å²) in [6.45, 7) is 1.78. The van der Waals surface area contributed by atoms with Gasteiger partial charge >= 0.3 is 0 Å². The van der Waals surface area contributed by atoms with Gasteiger partial charge in [-0.25, -0.2) is 4.98 Å². The van der Waals surface area contributed by atoms with Gasteiger partial charge in [0.1, 0.15) is 5.75 Å². The lowest BCUT2D eigenvalue weighted by Gasteiger charge is -2.08. The molecule has 136 valence electrons. The molecule has 0 unspecified atom stereocenters. The number of aromatic nitrogens is 2. The summed E-state index contributed by atoms with van der Waals surface area (Å²) in [6, 6.07) is 17.3. The van der Waals surface area contributed by atoms with Gasteiger partial charge in [0.15, 0.2) is 5.16 Å². The third kappa shape index (κ3) is 4.78. The Morgan fingerprint density at radius 1 is 1.11 bits per heavy atom. The lowest BCUT2D eigenvalue weighted by Crippen LogP contribution is -2.16. The van der Waals surface area contributed by atoms with Crippen LogP contribution >= 0.6 is 11.8 Å². The molecule has 1 heterocycles. The highest BCUT2D eigenvalue weighted by atomic mass is 32.2. The van der Waals surface area contributed by atoms with Gasteiger partial charge in [-0.1, -0.05) is 36.0 Å². The smallest absolute Gasteiger partial charge is 0.254 e. The van der Waals surface area contributed by atoms with Crippen LogP contribution in [0, 0.1) is 18.3 Å². The third-order valence-corrected chi connectivity index (χ3v) is 5.16. The van der Waals surface area contributed by atoms with E-state index in [-0.39, 0.29) is 5.56 Å². The first-order valence-electron chi connectivity index (χ1n) is 8.43. The molecule has 0 spiro atoms. The number of H-pyrrole nitrogens is 1. The first kappa shape index (κ1) is 18.7. The lowest BCUT2D eigenvalue weighted by molar-refractivity contribution is 0.414. The third-order valence-electron chi connectivity index (χ3n) is 4.22. The normalized spacial score (nSPS) is 10.4. The summed E-state index contributed by atoms with van der Waals surface area (Å²) >= 11 is 1.49. The second-order valence-electron chi connectivity index (χ2n) is 6.07. The molecule has 0 bridgehead atoms. The molecular weight excluding hydrogens is 358 g/mol. The zero-order valence-corrected chi connectivity index (χ0v) is 16.0. The number of benzene rings is 2. The van der Waals surface area contributed by atoms with Gasteiger partial charge in [-0.3, -0.25) is 4.79 Å². The number of nitrogens with zero attached hydrogens (tertiary/aromatic N) is 2. The Labute approximate surface area is 162 Å². The van der Waals surface area contributed by atoms with E-state index in [0.717, 1.165) is 22.6 Å². The summed E-state index contributed by atoms with van der Waals surface area (Å²) in [4.78, 5) is 19.8. The maximum absolute atomic E-state index is 12.3. The van der Waals surface area contributed by atoms with Gasteiger partial charge in [-0.2, -0.15) is 5.26 Å². The van der Waals surface area contributed by atoms with E-state index in [4.69, 9.17) is 10.00 Å². The highest BCUT2D eigenvalue weighted by Gasteiger charge is 2.09. The molecule has 0 saturated heterocycles. The Hall–Kier alpha value is -3.04. The first-order chi connectivity index (χ1) is 13.1. The molecule has 1 aromatic heterocycles. The maximum Gasteiger partial charge on any atom is 0.254 e. The lowest BCUT2D eigenvalue weighted by atomic mass is 10.1. The summed E-state index contributed by atoms with van der Waals surface area (Å²) in [6.07, 6.45) is 0.553. The van der Waals surface area contributed by atoms with E-state index in [1.54, 1.807) is 26.2 Å². The molecule has 0 fully saturated rings. The number of methoxy groups -OCH3 is 1. The van der Waals surface area contributed by atoms with E-state index in [2.05, 4.69) is 16.0 Å². The molecule has 0 radical (unpaired) electrons. The van der Waals surface area contributed by atoms with E-state index < -0.39 is 0 Å². The quantitative estimate of drug-likeness (QED) is 0.521. The fourth-order valence-electron chi connectivity index (χ4n) is 2.56. The van der Waals surface area contributed by atoms with Crippen molar-refractivity contribution in [1.29, 1.82) is 5.26 Å². The summed E-state index contributed by atoms with van der Waals surface area (Å²) in [7, 11) is 1.64. The number of aromatic amines is 1. The Kier molecular flexibility index (Phi) is 5.94. The summed E-state index contributed by atoms with van der Waals surface area (Å²) in [5, 5.41) is 9.50. The van der Waals surface area contributed by atoms with Gasteiger partial charge in [-0.05, 0) is 42.3 Å². The molecule has 3 aromatic rings. The van der Waals surface area contributed by atoms with Gasteiger partial charge in [0, 0.05) is 17.7 Å². The van der Waals surface area contributed by atoms with Crippen LogP contribution in [0.5, 0.6) is 5.75 Å². The van der Waals surface area contributed by atoms with Crippen molar-refractivity contribution < 1.29 is 4.74 Å². The number of hydrogen-bond donors (Lipinski definition) is 1. The minimum atomic E-state index is -0.120. The summed E-state index contributed by atoms with van der Waals surface area (Å²) < 4.78 is 5.16. The van der Waals surface area contributed by atoms with Crippen molar-refractivity contribution in [2.24, 2.45) is 0 Å². The molecule has 2 aromatic carbocycles. The van der Waals surface area contributed by atoms with Crippen LogP contribution in [-0.4, -0.2) is 17.1 Å². The molecule has 0 aliphatic heterocycles. The summed E-state index contributed by atoms with van der Waals surface area (Å²) in [5.41, 5.74) is 4.00. The standard InChI is InChI=1S/C21H19N3O2S/c1-14-19(11-15-3-5-16(12-22)6-4-15)23-21(24-20(14)25)27-13-17-7-9-18(26-2)10-8-17/h3-10H,11,13H2,1-2H3,(H,23,24,25). The molecule has 0 amide bonds. The number of rotatable bonds is 6. The fourth-order valence-corrected chi connectivity index (χ4v) is 3.40. The molecule has 0 atom stereocenters. The maximum atomic E-state index is 12.3. The minimum absolute atomic E-state index is 0.120. The first-order valence-corrected chi connectivity index (χ1v) is 9.42. The number of hydrogen-bond acceptors (Lipinski definition) is 5. The van der Waals surface area contributed by atoms with Crippen molar-refractivity contribution in [3.8, 4) is 11.8 Å². The Morgan fingerprint density at radius 2 is 1.78 bits per heavy atom. The number of thioether (sulfide) groups is 1. The Bertz CT molecular complexity index is 1020. The number of nitriles is 1. The van der Waals surface area contributed by atoms with Crippen molar-refractivity contribution in [1.82, 2.24) is 9.97 Å². The topological polar surface area (TPSA) is 78.8 Å². The summed E-state index contributed by atoms with van der Waals surface area (Å²) in [5.74, 6) is 1.52. The van der Waals surface area contributed by atoms with E-state index in [1.165, 1.54) is 11.8 Å². The predicted molar refractivity (Wildman–Crippen MR) is 106 cm³/mol. The van der Waals surface area contributed by atoms with Crippen LogP contribution in [0.15, 0.2) is 58.5 Å². The van der Waals surface area contributed by atoms with E-state index in [0.29, 0.717) is 28.5 Å². The van der Waals surface area contributed by atoms with Crippen LogP contribution in [-0.2, 0) is 12.2 Å². The molecule has 27 heavy (non-hydrogen) atoms. The Morgan fingerprint density at radius 3 is 2.41 bits per heavy atom. The van der Waals surface area contributed by atoms with Crippen molar-refractivity contribution in [2.45, 2.75) is 24.3 Å². The van der Waals surface area contributed by atoms with Gasteiger partial charge in [-0.15, -0.1) is 0 Å². The molecule has 0 aliphatic carbocycles. The molecule has 0 saturated carbocycles. The van der Waals surface area contributed by atoms with Gasteiger partial charge in [0.25, 0.3) is 5.56 Å². The average molecular weight is 377 g/mol. The number of nitrogens with one attached hydrogen (secondary N) is 1. The van der Waals surface area contributed by atoms with E-state index in [9.17, 15) is 4.79 Å². The second-order valence-corrected chi connectivity index (χ2v) is 7.03. The van der Waals surface area contributed by atoms with Crippen molar-refractivity contribution in [3.05, 3.63) is 86.8 Å². The van der Waals surface area contributed by atoms with Crippen LogP contribution in [0.3, 0.4) is 0 Å². The SMILES string of the molecule is COc1ccc(CSc2nc(Cc3ccc(C#N)cc3)c(C)c(=O)[nH]2)cc1. The molecule has 5 nitrogen and oxygen atoms in total. The van der Waals surface area contributed by atoms with Crippen molar-refractivity contribution in [3.63, 3.8) is 0 Å². The highest BCUT2D eigenvalue weighted by Crippen LogP contribution is 2.21. The molecule has 6 heteroatoms. The van der Waals surface area contributed by atoms with Crippen LogP contribution in [0.25, 0.3) is 0 Å². The zero-order valence-electron chi connectivity index (χ0n) is 15.2. The van der Waals surface area contributed by atoms with Crippen LogP contribution in [0.4, 0.5) is 0 Å². The largest absolute Gasteiger partial charge is 0.497 e. The van der Waals surface area contributed by atoms with Crippen LogP contribution in [0.2, 0.25) is 0 Å². The average Bonchev–Trinajstić information content (AvgIpc) is 2.71. The minimum Gasteiger partial charge on any atom is -0.497 e. The Balaban J connectivity index is 1.76. The van der Waals surface area contributed by atoms with E-state index in [1.807, 2.05) is 36.4 Å². The van der Waals surface area contributed by atoms with Gasteiger partial charge in [0.05, 0.1) is 24.4 Å². The van der Waals surface area contributed by atoms with Crippen molar-refractivity contribution in [2.75, 3.05) is 7.11 Å². The second kappa shape index (κ2) is 8.56. The molecule has 3 rings (SSSR count). The molecular formula is C21H19N3O2S. The predicted octanol–water partition coefficient (Wildman–Crippen LogP) is 3.84. The van der Waals surface area contributed by atoms with E-state index >= 15 is 0 Å². The molecule has 0 aliphatic rings. The van der Waals surface area contributed by atoms with Gasteiger partial charge in [0.2, 0.25) is 0 Å². The zero-order chi connectivity index (χ0) is 19.2. The van der Waals surface area contributed by atoms with Crippen molar-refractivity contribution >= 4 is 11.8 Å². The highest BCUT2D eigenvalue weighted by molar-refractivity contribution is 7.98. The van der Waals surface area contributed by atoms with Crippen LogP contribution in [0.1, 0.15) is 27.9 Å². The molecule has 1 N–H and O–H groups in total. The van der Waals surface area contributed by atoms with Gasteiger partial charge < -0.3 is 9.72 Å². The fraction of sp³-hybridized carbons (Fsp3) is 0.190. The monoisotopic (exact) mass is 377 g/mol.